The number of pyridine rings is 1. The Morgan fingerprint density at radius 3 is 2.83 bits per heavy atom. The van der Waals surface area contributed by atoms with Gasteiger partial charge in [0.1, 0.15) is 11.6 Å². The second-order valence-electron chi connectivity index (χ2n) is 7.53. The molecule has 1 heterocycles. The molecule has 0 saturated heterocycles. The minimum Gasteiger partial charge on any atom is -0.363 e. The van der Waals surface area contributed by atoms with E-state index in [0.717, 1.165) is 30.6 Å². The minimum absolute atomic E-state index is 0.0746. The molecule has 1 aromatic heterocycles. The summed E-state index contributed by atoms with van der Waals surface area (Å²) >= 11 is 0. The highest BCUT2D eigenvalue weighted by atomic mass is 16.2. The Hall–Kier alpha value is -1.91. The molecule has 2 fully saturated rings. The number of hydrogen-bond donors (Lipinski definition) is 1. The molecule has 0 radical (unpaired) electrons. The number of nitrogens with zero attached hydrogens (tertiary/aromatic N) is 2. The van der Waals surface area contributed by atoms with E-state index < -0.39 is 0 Å². The van der Waals surface area contributed by atoms with Crippen LogP contribution in [0.15, 0.2) is 18.3 Å². The van der Waals surface area contributed by atoms with Crippen molar-refractivity contribution in [2.75, 3.05) is 19.0 Å². The van der Waals surface area contributed by atoms with Crippen molar-refractivity contribution in [1.29, 1.82) is 0 Å². The van der Waals surface area contributed by atoms with Gasteiger partial charge >= 0.3 is 0 Å². The molecular formula is C19H27N3O2. The number of hydrogen-bond acceptors (Lipinski definition) is 4. The first-order valence-corrected chi connectivity index (χ1v) is 8.88. The van der Waals surface area contributed by atoms with Crippen LogP contribution < -0.4 is 10.2 Å². The smallest absolute Gasteiger partial charge is 0.226 e. The van der Waals surface area contributed by atoms with Crippen molar-refractivity contribution in [3.8, 4) is 0 Å². The first-order chi connectivity index (χ1) is 11.4. The molecule has 3 rings (SSSR count). The summed E-state index contributed by atoms with van der Waals surface area (Å²) in [7, 11) is 3.91. The SMILES string of the molecule is CC(NC(=O)C12CCCC1CC(=O)CC2)c1ccc(N(C)C)nc1. The number of amides is 1. The van der Waals surface area contributed by atoms with Crippen LogP contribution in [-0.4, -0.2) is 30.8 Å². The normalized spacial score (nSPS) is 27.5. The topological polar surface area (TPSA) is 62.3 Å². The van der Waals surface area contributed by atoms with Crippen molar-refractivity contribution >= 4 is 17.5 Å². The number of ketones is 1. The summed E-state index contributed by atoms with van der Waals surface area (Å²) in [5, 5.41) is 3.19. The molecule has 1 N–H and O–H groups in total. The summed E-state index contributed by atoms with van der Waals surface area (Å²) in [6, 6.07) is 3.91. The molecule has 1 aromatic rings. The predicted octanol–water partition coefficient (Wildman–Crippen LogP) is 2.86. The molecule has 5 nitrogen and oxygen atoms in total. The number of carbonyl (C=O) groups excluding carboxylic acids is 2. The van der Waals surface area contributed by atoms with Gasteiger partial charge in [-0.3, -0.25) is 9.59 Å². The van der Waals surface area contributed by atoms with Gasteiger partial charge in [-0.2, -0.15) is 0 Å². The third-order valence-corrected chi connectivity index (χ3v) is 5.81. The van der Waals surface area contributed by atoms with Crippen molar-refractivity contribution in [3.05, 3.63) is 23.9 Å². The largest absolute Gasteiger partial charge is 0.363 e. The molecule has 0 aliphatic heterocycles. The second-order valence-corrected chi connectivity index (χ2v) is 7.53. The van der Waals surface area contributed by atoms with Crippen molar-refractivity contribution < 1.29 is 9.59 Å². The number of anilines is 1. The highest BCUT2D eigenvalue weighted by Crippen LogP contribution is 2.51. The third-order valence-electron chi connectivity index (χ3n) is 5.81. The molecule has 0 bridgehead atoms. The molecule has 0 aromatic carbocycles. The zero-order chi connectivity index (χ0) is 17.3. The summed E-state index contributed by atoms with van der Waals surface area (Å²) in [6.07, 6.45) is 6.66. The predicted molar refractivity (Wildman–Crippen MR) is 93.8 cm³/mol. The summed E-state index contributed by atoms with van der Waals surface area (Å²) < 4.78 is 0. The molecular weight excluding hydrogens is 302 g/mol. The lowest BCUT2D eigenvalue weighted by molar-refractivity contribution is -0.139. The van der Waals surface area contributed by atoms with Crippen molar-refractivity contribution in [2.24, 2.45) is 11.3 Å². The Morgan fingerprint density at radius 2 is 2.17 bits per heavy atom. The lowest BCUT2D eigenvalue weighted by Crippen LogP contribution is -2.47. The first kappa shape index (κ1) is 16.9. The highest BCUT2D eigenvalue weighted by Gasteiger charge is 2.51. The van der Waals surface area contributed by atoms with Crippen LogP contribution in [0.5, 0.6) is 0 Å². The van der Waals surface area contributed by atoms with E-state index in [9.17, 15) is 9.59 Å². The van der Waals surface area contributed by atoms with Gasteiger partial charge in [0.15, 0.2) is 0 Å². The molecule has 1 amide bonds. The Balaban J connectivity index is 1.70. The van der Waals surface area contributed by atoms with Crippen LogP contribution >= 0.6 is 0 Å². The van der Waals surface area contributed by atoms with Crippen LogP contribution in [0, 0.1) is 11.3 Å². The van der Waals surface area contributed by atoms with E-state index in [-0.39, 0.29) is 23.3 Å². The van der Waals surface area contributed by atoms with Crippen LogP contribution in [0.2, 0.25) is 0 Å². The maximum absolute atomic E-state index is 13.0. The number of nitrogens with one attached hydrogen (secondary N) is 1. The average Bonchev–Trinajstić information content (AvgIpc) is 2.99. The summed E-state index contributed by atoms with van der Waals surface area (Å²) in [4.78, 5) is 31.1. The van der Waals surface area contributed by atoms with Crippen LogP contribution in [0.1, 0.15) is 57.1 Å². The number of Topliss-reactive ketones (excluding diaryl/α,β-unsaturated/α-hetero) is 1. The molecule has 5 heteroatoms. The molecule has 2 aliphatic rings. The second kappa shape index (κ2) is 6.54. The Morgan fingerprint density at radius 1 is 1.38 bits per heavy atom. The van der Waals surface area contributed by atoms with E-state index in [1.165, 1.54) is 0 Å². The zero-order valence-corrected chi connectivity index (χ0v) is 14.8. The molecule has 3 atom stereocenters. The van der Waals surface area contributed by atoms with E-state index >= 15 is 0 Å². The van der Waals surface area contributed by atoms with E-state index in [0.29, 0.717) is 25.0 Å². The molecule has 24 heavy (non-hydrogen) atoms. The monoisotopic (exact) mass is 329 g/mol. The van der Waals surface area contributed by atoms with Gasteiger partial charge < -0.3 is 10.2 Å². The number of fused-ring (bicyclic) bond motifs is 1. The molecule has 0 spiro atoms. The van der Waals surface area contributed by atoms with Crippen LogP contribution in [-0.2, 0) is 9.59 Å². The molecule has 2 aliphatic carbocycles. The van der Waals surface area contributed by atoms with Gasteiger partial charge in [0, 0.05) is 33.1 Å². The Labute approximate surface area is 143 Å². The van der Waals surface area contributed by atoms with Crippen molar-refractivity contribution in [3.63, 3.8) is 0 Å². The summed E-state index contributed by atoms with van der Waals surface area (Å²) in [5.41, 5.74) is 0.686. The summed E-state index contributed by atoms with van der Waals surface area (Å²) in [5.74, 6) is 1.58. The fourth-order valence-corrected chi connectivity index (χ4v) is 4.26. The van der Waals surface area contributed by atoms with Gasteiger partial charge in [-0.1, -0.05) is 12.5 Å². The van der Waals surface area contributed by atoms with Gasteiger partial charge in [-0.05, 0) is 43.7 Å². The van der Waals surface area contributed by atoms with Crippen LogP contribution in [0.25, 0.3) is 0 Å². The van der Waals surface area contributed by atoms with Gasteiger partial charge in [0.25, 0.3) is 0 Å². The molecule has 2 saturated carbocycles. The first-order valence-electron chi connectivity index (χ1n) is 8.88. The Bertz CT molecular complexity index is 626. The van der Waals surface area contributed by atoms with Gasteiger partial charge in [0.2, 0.25) is 5.91 Å². The summed E-state index contributed by atoms with van der Waals surface area (Å²) in [6.45, 7) is 2.00. The lowest BCUT2D eigenvalue weighted by atomic mass is 9.67. The zero-order valence-electron chi connectivity index (χ0n) is 14.8. The lowest BCUT2D eigenvalue weighted by Gasteiger charge is -2.38. The van der Waals surface area contributed by atoms with Gasteiger partial charge in [0.05, 0.1) is 11.5 Å². The standard InChI is InChI=1S/C19H27N3O2/c1-13(14-6-7-17(20-12-14)22(2)3)21-18(24)19-9-4-5-15(19)11-16(23)8-10-19/h6-7,12-13,15H,4-5,8-11H2,1-3H3,(H,21,24). The maximum Gasteiger partial charge on any atom is 0.226 e. The van der Waals surface area contributed by atoms with Gasteiger partial charge in [-0.25, -0.2) is 4.98 Å². The van der Waals surface area contributed by atoms with E-state index in [4.69, 9.17) is 0 Å². The fourth-order valence-electron chi connectivity index (χ4n) is 4.26. The maximum atomic E-state index is 13.0. The highest BCUT2D eigenvalue weighted by molar-refractivity contribution is 5.88. The van der Waals surface area contributed by atoms with E-state index in [2.05, 4.69) is 10.3 Å². The third kappa shape index (κ3) is 3.04. The quantitative estimate of drug-likeness (QED) is 0.922. The number of carbonyl (C=O) groups is 2. The molecule has 3 unspecified atom stereocenters. The minimum atomic E-state index is -0.320. The van der Waals surface area contributed by atoms with Crippen molar-refractivity contribution in [1.82, 2.24) is 10.3 Å². The Kier molecular flexibility index (Phi) is 4.61. The number of aromatic nitrogens is 1. The van der Waals surface area contributed by atoms with Crippen LogP contribution in [0.4, 0.5) is 5.82 Å². The average molecular weight is 329 g/mol. The van der Waals surface area contributed by atoms with Crippen molar-refractivity contribution in [2.45, 2.75) is 51.5 Å². The van der Waals surface area contributed by atoms with E-state index in [1.807, 2.05) is 44.2 Å². The van der Waals surface area contributed by atoms with E-state index in [1.54, 1.807) is 0 Å². The van der Waals surface area contributed by atoms with Gasteiger partial charge in [-0.15, -0.1) is 0 Å². The van der Waals surface area contributed by atoms with Crippen LogP contribution in [0.3, 0.4) is 0 Å². The number of rotatable bonds is 4. The molecule has 130 valence electrons. The fraction of sp³-hybridized carbons (Fsp3) is 0.632.